The topological polar surface area (TPSA) is 0 Å². The number of fused-ring (bicyclic) bond motifs is 1. The van der Waals surface area contributed by atoms with Gasteiger partial charge in [0.15, 0.2) is 0 Å². The Bertz CT molecular complexity index is 388. The largest absolute Gasteiger partial charge is 0.133 e. The lowest BCUT2D eigenvalue weighted by Crippen LogP contribution is -1.79. The molecule has 0 aliphatic rings. The summed E-state index contributed by atoms with van der Waals surface area (Å²) >= 11 is 0. The summed E-state index contributed by atoms with van der Waals surface area (Å²) in [5.74, 6) is 0. The van der Waals surface area contributed by atoms with Crippen LogP contribution in [0, 0.1) is 0 Å². The molecule has 0 aliphatic heterocycles. The summed E-state index contributed by atoms with van der Waals surface area (Å²) in [7, 11) is 2.77. The first-order valence-electron chi connectivity index (χ1n) is 4.08. The van der Waals surface area contributed by atoms with Gasteiger partial charge in [-0.2, -0.15) is 0 Å². The highest BCUT2D eigenvalue weighted by Crippen LogP contribution is 2.20. The maximum atomic E-state index is 2.77. The van der Waals surface area contributed by atoms with E-state index in [9.17, 15) is 0 Å². The van der Waals surface area contributed by atoms with Gasteiger partial charge in [-0.05, 0) is 22.5 Å². The third kappa shape index (κ3) is 1.23. The highest BCUT2D eigenvalue weighted by atomic mass is 31.0. The second-order valence-electron chi connectivity index (χ2n) is 2.84. The van der Waals surface area contributed by atoms with Crippen LogP contribution in [0.15, 0.2) is 42.5 Å². The molecule has 0 saturated carbocycles. The van der Waals surface area contributed by atoms with Gasteiger partial charge in [-0.1, -0.05) is 42.5 Å². The van der Waals surface area contributed by atoms with Crippen molar-refractivity contribution in [2.45, 2.75) is 6.16 Å². The molecule has 0 amide bonds. The molecule has 12 heavy (non-hydrogen) atoms. The lowest BCUT2D eigenvalue weighted by atomic mass is 10.1. The van der Waals surface area contributed by atoms with Gasteiger partial charge in [0.2, 0.25) is 0 Å². The predicted molar refractivity (Wildman–Crippen MR) is 57.4 cm³/mol. The van der Waals surface area contributed by atoms with E-state index in [-0.39, 0.29) is 0 Å². The minimum Gasteiger partial charge on any atom is -0.133 e. The van der Waals surface area contributed by atoms with Crippen molar-refractivity contribution in [2.75, 3.05) is 0 Å². The molecule has 0 nitrogen and oxygen atoms in total. The zero-order valence-electron chi connectivity index (χ0n) is 6.83. The van der Waals surface area contributed by atoms with Crippen LogP contribution in [-0.2, 0) is 6.16 Å². The number of benzene rings is 2. The van der Waals surface area contributed by atoms with E-state index in [4.69, 9.17) is 0 Å². The summed E-state index contributed by atoms with van der Waals surface area (Å²) < 4.78 is 0. The summed E-state index contributed by atoms with van der Waals surface area (Å²) in [5.41, 5.74) is 1.40. The van der Waals surface area contributed by atoms with Crippen LogP contribution in [0.5, 0.6) is 0 Å². The number of hydrogen-bond donors (Lipinski definition) is 0. The zero-order chi connectivity index (χ0) is 8.39. The van der Waals surface area contributed by atoms with Crippen molar-refractivity contribution in [1.29, 1.82) is 0 Å². The zero-order valence-corrected chi connectivity index (χ0v) is 7.98. The van der Waals surface area contributed by atoms with E-state index >= 15 is 0 Å². The van der Waals surface area contributed by atoms with Crippen LogP contribution in [-0.4, -0.2) is 0 Å². The first-order chi connectivity index (χ1) is 5.92. The second kappa shape index (κ2) is 3.25. The first-order valence-corrected chi connectivity index (χ1v) is 4.90. The molecule has 1 unspecified atom stereocenters. The van der Waals surface area contributed by atoms with Crippen molar-refractivity contribution in [3.05, 3.63) is 48.0 Å². The molecular formula is C11H11P. The monoisotopic (exact) mass is 174 g/mol. The molecule has 2 rings (SSSR count). The molecule has 1 atom stereocenters. The van der Waals surface area contributed by atoms with Crippen LogP contribution in [0.25, 0.3) is 10.8 Å². The van der Waals surface area contributed by atoms with Gasteiger partial charge >= 0.3 is 0 Å². The van der Waals surface area contributed by atoms with Gasteiger partial charge < -0.3 is 0 Å². The summed E-state index contributed by atoms with van der Waals surface area (Å²) in [6.07, 6.45) is 1.03. The standard InChI is InChI=1S/C11H11P/c12-8-10-6-3-5-9-4-1-2-7-11(9)10/h1-7H,8,12H2. The Hall–Kier alpha value is -0.870. The Balaban J connectivity index is 2.79. The van der Waals surface area contributed by atoms with Gasteiger partial charge in [0.25, 0.3) is 0 Å². The molecule has 0 heterocycles. The summed E-state index contributed by atoms with van der Waals surface area (Å²) in [4.78, 5) is 0. The summed E-state index contributed by atoms with van der Waals surface area (Å²) in [6.45, 7) is 0. The average molecular weight is 174 g/mol. The normalized spacial score (nSPS) is 10.4. The summed E-state index contributed by atoms with van der Waals surface area (Å²) in [6, 6.07) is 14.9. The lowest BCUT2D eigenvalue weighted by molar-refractivity contribution is 1.47. The lowest BCUT2D eigenvalue weighted by Gasteiger charge is -2.02. The van der Waals surface area contributed by atoms with Crippen molar-refractivity contribution < 1.29 is 0 Å². The van der Waals surface area contributed by atoms with Crippen LogP contribution < -0.4 is 0 Å². The molecule has 0 aromatic heterocycles. The van der Waals surface area contributed by atoms with Crippen molar-refractivity contribution in [3.63, 3.8) is 0 Å². The minimum atomic E-state index is 1.03. The molecule has 0 N–H and O–H groups in total. The van der Waals surface area contributed by atoms with Crippen LogP contribution in [0.2, 0.25) is 0 Å². The SMILES string of the molecule is PCc1cccc2ccccc12. The molecule has 0 bridgehead atoms. The molecular weight excluding hydrogens is 163 g/mol. The maximum Gasteiger partial charge on any atom is -0.0122 e. The van der Waals surface area contributed by atoms with E-state index in [0.29, 0.717) is 0 Å². The highest BCUT2D eigenvalue weighted by Gasteiger charge is 1.95. The Morgan fingerprint density at radius 2 is 1.67 bits per heavy atom. The molecule has 0 radical (unpaired) electrons. The third-order valence-corrected chi connectivity index (χ3v) is 2.54. The van der Waals surface area contributed by atoms with E-state index in [1.165, 1.54) is 16.3 Å². The smallest absolute Gasteiger partial charge is 0.0122 e. The van der Waals surface area contributed by atoms with Crippen LogP contribution in [0.4, 0.5) is 0 Å². The van der Waals surface area contributed by atoms with Crippen molar-refractivity contribution in [3.8, 4) is 0 Å². The van der Waals surface area contributed by atoms with Gasteiger partial charge in [0.05, 0.1) is 0 Å². The van der Waals surface area contributed by atoms with Gasteiger partial charge in [-0.25, -0.2) is 0 Å². The fourth-order valence-corrected chi connectivity index (χ4v) is 1.83. The summed E-state index contributed by atoms with van der Waals surface area (Å²) in [5, 5.41) is 2.70. The Kier molecular flexibility index (Phi) is 2.10. The second-order valence-corrected chi connectivity index (χ2v) is 3.25. The van der Waals surface area contributed by atoms with Crippen LogP contribution >= 0.6 is 9.24 Å². The van der Waals surface area contributed by atoms with Crippen molar-refractivity contribution in [2.24, 2.45) is 0 Å². The van der Waals surface area contributed by atoms with Gasteiger partial charge in [-0.3, -0.25) is 0 Å². The fraction of sp³-hybridized carbons (Fsp3) is 0.0909. The van der Waals surface area contributed by atoms with Gasteiger partial charge in [0.1, 0.15) is 0 Å². The van der Waals surface area contributed by atoms with Crippen molar-refractivity contribution in [1.82, 2.24) is 0 Å². The van der Waals surface area contributed by atoms with Crippen molar-refractivity contribution >= 4 is 20.0 Å². The Labute approximate surface area is 74.8 Å². The van der Waals surface area contributed by atoms with Gasteiger partial charge in [-0.15, -0.1) is 9.24 Å². The quantitative estimate of drug-likeness (QED) is 0.582. The van der Waals surface area contributed by atoms with Crippen LogP contribution in [0.3, 0.4) is 0 Å². The first kappa shape index (κ1) is 7.76. The maximum absolute atomic E-state index is 2.77. The molecule has 0 spiro atoms. The number of hydrogen-bond acceptors (Lipinski definition) is 0. The molecule has 0 saturated heterocycles. The molecule has 0 fully saturated rings. The van der Waals surface area contributed by atoms with Gasteiger partial charge in [0, 0.05) is 0 Å². The third-order valence-electron chi connectivity index (χ3n) is 2.10. The molecule has 60 valence electrons. The molecule has 1 heteroatoms. The van der Waals surface area contributed by atoms with E-state index in [1.807, 2.05) is 0 Å². The molecule has 2 aromatic rings. The Morgan fingerprint density at radius 1 is 0.917 bits per heavy atom. The van der Waals surface area contributed by atoms with E-state index in [0.717, 1.165) is 6.16 Å². The highest BCUT2D eigenvalue weighted by molar-refractivity contribution is 7.15. The Morgan fingerprint density at radius 3 is 2.50 bits per heavy atom. The van der Waals surface area contributed by atoms with E-state index < -0.39 is 0 Å². The number of rotatable bonds is 1. The molecule has 0 aliphatic carbocycles. The minimum absolute atomic E-state index is 1.03. The predicted octanol–water partition coefficient (Wildman–Crippen LogP) is 3.21. The van der Waals surface area contributed by atoms with E-state index in [1.54, 1.807) is 0 Å². The van der Waals surface area contributed by atoms with E-state index in [2.05, 4.69) is 51.7 Å². The molecule has 2 aromatic carbocycles. The average Bonchev–Trinajstić information content (AvgIpc) is 2.17. The van der Waals surface area contributed by atoms with Crippen LogP contribution in [0.1, 0.15) is 5.56 Å². The fourth-order valence-electron chi connectivity index (χ4n) is 1.47.